The van der Waals surface area contributed by atoms with Crippen molar-refractivity contribution in [1.29, 1.82) is 5.26 Å². The minimum Gasteiger partial charge on any atom is -0.375 e. The van der Waals surface area contributed by atoms with Crippen LogP contribution < -0.4 is 0 Å². The van der Waals surface area contributed by atoms with Crippen molar-refractivity contribution in [3.63, 3.8) is 0 Å². The largest absolute Gasteiger partial charge is 0.375 e. The maximum Gasteiger partial charge on any atom is 0.159 e. The van der Waals surface area contributed by atoms with Crippen LogP contribution in [0.4, 0.5) is 0 Å². The fraction of sp³-hybridized carbons (Fsp3) is 0.917. The summed E-state index contributed by atoms with van der Waals surface area (Å²) in [6.45, 7) is 2.13. The molecule has 2 nitrogen and oxygen atoms in total. The predicted molar refractivity (Wildman–Crippen MR) is 52.2 cm³/mol. The zero-order chi connectivity index (χ0) is 9.97. The normalized spacial score (nSPS) is 59.9. The third kappa shape index (κ3) is 0.803. The quantitative estimate of drug-likeness (QED) is 0.596. The van der Waals surface area contributed by atoms with Crippen LogP contribution in [0.1, 0.15) is 39.0 Å². The highest BCUT2D eigenvalue weighted by molar-refractivity contribution is 5.21. The van der Waals surface area contributed by atoms with E-state index < -0.39 is 5.60 Å². The smallest absolute Gasteiger partial charge is 0.159 e. The summed E-state index contributed by atoms with van der Waals surface area (Å²) in [5, 5.41) is 19.7. The Bertz CT molecular complexity index is 305. The molecule has 0 heterocycles. The lowest BCUT2D eigenvalue weighted by Crippen LogP contribution is -2.62. The standard InChI is InChI=1S/C12H17NO/c1-11-5-8-2-9(6-11)4-10(3-8)12(11,14)7-13/h8-10,14H,2-6H2,1H3. The molecule has 4 bridgehead atoms. The predicted octanol–water partition coefficient (Wildman–Crippen LogP) is 2.09. The van der Waals surface area contributed by atoms with Gasteiger partial charge in [-0.15, -0.1) is 0 Å². The van der Waals surface area contributed by atoms with Crippen molar-refractivity contribution < 1.29 is 5.11 Å². The first-order valence-corrected chi connectivity index (χ1v) is 5.71. The van der Waals surface area contributed by atoms with Crippen LogP contribution in [-0.4, -0.2) is 10.7 Å². The molecule has 4 aliphatic carbocycles. The Morgan fingerprint density at radius 1 is 1.21 bits per heavy atom. The van der Waals surface area contributed by atoms with Crippen LogP contribution in [0, 0.1) is 34.5 Å². The summed E-state index contributed by atoms with van der Waals surface area (Å²) in [5.41, 5.74) is -1.11. The van der Waals surface area contributed by atoms with Gasteiger partial charge in [-0.1, -0.05) is 6.92 Å². The minimum absolute atomic E-state index is 0.101. The van der Waals surface area contributed by atoms with Crippen LogP contribution >= 0.6 is 0 Å². The molecule has 3 atom stereocenters. The molecule has 4 aliphatic rings. The summed E-state index contributed by atoms with van der Waals surface area (Å²) in [5.74, 6) is 1.86. The molecule has 0 amide bonds. The van der Waals surface area contributed by atoms with Gasteiger partial charge in [-0.25, -0.2) is 0 Å². The summed E-state index contributed by atoms with van der Waals surface area (Å²) in [6, 6.07) is 2.22. The monoisotopic (exact) mass is 191 g/mol. The van der Waals surface area contributed by atoms with Gasteiger partial charge in [-0.3, -0.25) is 0 Å². The lowest BCUT2D eigenvalue weighted by molar-refractivity contribution is -0.189. The Morgan fingerprint density at radius 3 is 2.21 bits per heavy atom. The molecule has 3 unspecified atom stereocenters. The number of hydrogen-bond acceptors (Lipinski definition) is 2. The van der Waals surface area contributed by atoms with Gasteiger partial charge in [0, 0.05) is 11.3 Å². The summed E-state index contributed by atoms with van der Waals surface area (Å²) >= 11 is 0. The van der Waals surface area contributed by atoms with Gasteiger partial charge >= 0.3 is 0 Å². The van der Waals surface area contributed by atoms with Crippen molar-refractivity contribution in [3.05, 3.63) is 0 Å². The Balaban J connectivity index is 2.07. The van der Waals surface area contributed by atoms with Crippen LogP contribution in [-0.2, 0) is 0 Å². The molecule has 4 saturated carbocycles. The van der Waals surface area contributed by atoms with E-state index >= 15 is 0 Å². The summed E-state index contributed by atoms with van der Waals surface area (Å²) in [7, 11) is 0. The zero-order valence-corrected chi connectivity index (χ0v) is 8.66. The van der Waals surface area contributed by atoms with Crippen molar-refractivity contribution in [2.24, 2.45) is 23.2 Å². The van der Waals surface area contributed by atoms with Crippen molar-refractivity contribution in [2.45, 2.75) is 44.6 Å². The molecule has 14 heavy (non-hydrogen) atoms. The zero-order valence-electron chi connectivity index (χ0n) is 8.66. The van der Waals surface area contributed by atoms with E-state index in [1.54, 1.807) is 0 Å². The molecule has 4 fully saturated rings. The van der Waals surface area contributed by atoms with Crippen LogP contribution in [0.3, 0.4) is 0 Å². The number of aliphatic hydroxyl groups is 1. The molecule has 4 rings (SSSR count). The molecule has 0 aliphatic heterocycles. The molecular formula is C12H17NO. The van der Waals surface area contributed by atoms with Crippen molar-refractivity contribution >= 4 is 0 Å². The van der Waals surface area contributed by atoms with Crippen LogP contribution in [0.25, 0.3) is 0 Å². The van der Waals surface area contributed by atoms with E-state index in [9.17, 15) is 10.4 Å². The van der Waals surface area contributed by atoms with Crippen molar-refractivity contribution in [1.82, 2.24) is 0 Å². The fourth-order valence-electron chi connectivity index (χ4n) is 4.63. The third-order valence-corrected chi connectivity index (χ3v) is 5.06. The SMILES string of the molecule is CC12CC3CC(CC(C3)C1(O)C#N)C2. The highest BCUT2D eigenvalue weighted by atomic mass is 16.3. The second kappa shape index (κ2) is 2.33. The van der Waals surface area contributed by atoms with Gasteiger partial charge in [0.1, 0.15) is 0 Å². The maximum absolute atomic E-state index is 10.5. The average Bonchev–Trinajstić information content (AvgIpc) is 2.12. The van der Waals surface area contributed by atoms with E-state index in [0.717, 1.165) is 37.5 Å². The van der Waals surface area contributed by atoms with Gasteiger partial charge in [0.2, 0.25) is 0 Å². The molecule has 0 aromatic heterocycles. The topological polar surface area (TPSA) is 44.0 Å². The second-order valence-electron chi connectivity index (χ2n) is 5.98. The van der Waals surface area contributed by atoms with Crippen molar-refractivity contribution in [2.75, 3.05) is 0 Å². The van der Waals surface area contributed by atoms with E-state index in [1.807, 2.05) is 0 Å². The van der Waals surface area contributed by atoms with Gasteiger partial charge in [0.25, 0.3) is 0 Å². The van der Waals surface area contributed by atoms with E-state index in [4.69, 9.17) is 0 Å². The van der Waals surface area contributed by atoms with E-state index in [1.165, 1.54) is 6.42 Å². The molecule has 0 saturated heterocycles. The first kappa shape index (κ1) is 8.73. The summed E-state index contributed by atoms with van der Waals surface area (Å²) < 4.78 is 0. The maximum atomic E-state index is 10.5. The molecule has 76 valence electrons. The van der Waals surface area contributed by atoms with Gasteiger partial charge in [-0.2, -0.15) is 5.26 Å². The highest BCUT2D eigenvalue weighted by Crippen LogP contribution is 2.64. The van der Waals surface area contributed by atoms with E-state index in [-0.39, 0.29) is 11.3 Å². The lowest BCUT2D eigenvalue weighted by Gasteiger charge is -2.61. The number of rotatable bonds is 0. The Labute approximate surface area is 84.9 Å². The molecule has 1 N–H and O–H groups in total. The first-order valence-electron chi connectivity index (χ1n) is 5.71. The highest BCUT2D eigenvalue weighted by Gasteiger charge is 2.63. The average molecular weight is 191 g/mol. The molecule has 0 aromatic carbocycles. The van der Waals surface area contributed by atoms with Gasteiger partial charge in [0.15, 0.2) is 5.60 Å². The van der Waals surface area contributed by atoms with Gasteiger partial charge in [-0.05, 0) is 43.9 Å². The molecule has 2 heteroatoms. The Morgan fingerprint density at radius 2 is 1.79 bits per heavy atom. The second-order valence-corrected chi connectivity index (χ2v) is 5.98. The Kier molecular flexibility index (Phi) is 1.46. The fourth-order valence-corrected chi connectivity index (χ4v) is 4.63. The third-order valence-electron chi connectivity index (χ3n) is 5.06. The Hall–Kier alpha value is -0.550. The lowest BCUT2D eigenvalue weighted by atomic mass is 9.44. The summed E-state index contributed by atoms with van der Waals surface area (Å²) in [6.07, 6.45) is 5.69. The first-order chi connectivity index (χ1) is 6.57. The molecule has 0 aromatic rings. The van der Waals surface area contributed by atoms with Crippen LogP contribution in [0.15, 0.2) is 0 Å². The van der Waals surface area contributed by atoms with E-state index in [0.29, 0.717) is 0 Å². The molecular weight excluding hydrogens is 174 g/mol. The van der Waals surface area contributed by atoms with Gasteiger partial charge < -0.3 is 5.11 Å². The number of nitriles is 1. The molecule has 0 radical (unpaired) electrons. The minimum atomic E-state index is -1.01. The molecule has 0 spiro atoms. The van der Waals surface area contributed by atoms with Crippen LogP contribution in [0.5, 0.6) is 0 Å². The van der Waals surface area contributed by atoms with Gasteiger partial charge in [0.05, 0.1) is 6.07 Å². The number of hydrogen-bond donors (Lipinski definition) is 1. The van der Waals surface area contributed by atoms with Crippen LogP contribution in [0.2, 0.25) is 0 Å². The summed E-state index contributed by atoms with van der Waals surface area (Å²) in [4.78, 5) is 0. The van der Waals surface area contributed by atoms with Crippen molar-refractivity contribution in [3.8, 4) is 6.07 Å². The number of nitrogens with zero attached hydrogens (tertiary/aromatic N) is 1. The van der Waals surface area contributed by atoms with E-state index in [2.05, 4.69) is 13.0 Å².